The largest absolute Gasteiger partial charge is 0.478 e. The number of hydrogen-bond donors (Lipinski definition) is 2. The standard InChI is InChI=1S/C17H11N3O6S/c21-17(22)16-12-4-2-1-3-10(12)5-7-14(16)19-18-11-6-8-13(20-23)15(9-11)27(24,25)26/h1-9H,(H,21,22)(H,24,25,26). The number of hydrogen-bond acceptors (Lipinski definition) is 7. The second kappa shape index (κ2) is 7.02. The Hall–Kier alpha value is -3.50. The summed E-state index contributed by atoms with van der Waals surface area (Å²) in [7, 11) is -4.69. The Morgan fingerprint density at radius 2 is 1.63 bits per heavy atom. The number of azo groups is 1. The van der Waals surface area contributed by atoms with E-state index in [9.17, 15) is 23.2 Å². The summed E-state index contributed by atoms with van der Waals surface area (Å²) >= 11 is 0. The van der Waals surface area contributed by atoms with Crippen molar-refractivity contribution >= 4 is 43.9 Å². The van der Waals surface area contributed by atoms with Gasteiger partial charge >= 0.3 is 5.97 Å². The molecule has 0 bridgehead atoms. The topological polar surface area (TPSA) is 146 Å². The minimum absolute atomic E-state index is 0.0143. The van der Waals surface area contributed by atoms with Crippen LogP contribution in [0.15, 0.2) is 74.9 Å². The van der Waals surface area contributed by atoms with Crippen LogP contribution < -0.4 is 0 Å². The lowest BCUT2D eigenvalue weighted by atomic mass is 10.0. The van der Waals surface area contributed by atoms with E-state index in [0.717, 1.165) is 12.1 Å². The maximum Gasteiger partial charge on any atom is 0.338 e. The number of carboxylic acids is 1. The third-order valence-electron chi connectivity index (χ3n) is 3.71. The first kappa shape index (κ1) is 18.3. The Morgan fingerprint density at radius 3 is 2.30 bits per heavy atom. The Bertz CT molecular complexity index is 1200. The van der Waals surface area contributed by atoms with Crippen molar-refractivity contribution in [3.05, 3.63) is 65.1 Å². The van der Waals surface area contributed by atoms with Gasteiger partial charge in [0.1, 0.15) is 16.3 Å². The van der Waals surface area contributed by atoms with E-state index < -0.39 is 26.7 Å². The maximum absolute atomic E-state index is 11.7. The van der Waals surface area contributed by atoms with Crippen LogP contribution in [0, 0.1) is 4.91 Å². The molecule has 0 aromatic heterocycles. The van der Waals surface area contributed by atoms with Crippen LogP contribution in [0.1, 0.15) is 10.4 Å². The van der Waals surface area contributed by atoms with Gasteiger partial charge < -0.3 is 5.11 Å². The third kappa shape index (κ3) is 3.71. The lowest BCUT2D eigenvalue weighted by Gasteiger charge is -2.05. The van der Waals surface area contributed by atoms with E-state index in [1.807, 2.05) is 0 Å². The van der Waals surface area contributed by atoms with Crippen molar-refractivity contribution in [2.75, 3.05) is 0 Å². The quantitative estimate of drug-likeness (QED) is 0.373. The van der Waals surface area contributed by atoms with Crippen LogP contribution in [0.2, 0.25) is 0 Å². The highest BCUT2D eigenvalue weighted by atomic mass is 32.2. The molecule has 0 spiro atoms. The van der Waals surface area contributed by atoms with Crippen LogP contribution in [0.5, 0.6) is 0 Å². The zero-order valence-corrected chi connectivity index (χ0v) is 14.3. The van der Waals surface area contributed by atoms with Crippen LogP contribution in [-0.2, 0) is 10.1 Å². The monoisotopic (exact) mass is 385 g/mol. The molecule has 9 nitrogen and oxygen atoms in total. The van der Waals surface area contributed by atoms with Gasteiger partial charge in [0.25, 0.3) is 10.1 Å². The molecule has 0 heterocycles. The fourth-order valence-electron chi connectivity index (χ4n) is 2.53. The smallest absolute Gasteiger partial charge is 0.338 e. The fraction of sp³-hybridized carbons (Fsp3) is 0. The third-order valence-corrected chi connectivity index (χ3v) is 4.60. The number of fused-ring (bicyclic) bond motifs is 1. The minimum atomic E-state index is -4.69. The molecule has 0 aliphatic rings. The molecule has 3 aromatic carbocycles. The Labute approximate surface area is 152 Å². The molecule has 3 rings (SSSR count). The van der Waals surface area contributed by atoms with Crippen LogP contribution in [0.3, 0.4) is 0 Å². The summed E-state index contributed by atoms with van der Waals surface area (Å²) in [5.41, 5.74) is -0.488. The van der Waals surface area contributed by atoms with Gasteiger partial charge in [0.15, 0.2) is 0 Å². The van der Waals surface area contributed by atoms with Gasteiger partial charge in [0, 0.05) is 0 Å². The van der Waals surface area contributed by atoms with Gasteiger partial charge in [-0.05, 0) is 40.2 Å². The van der Waals surface area contributed by atoms with Gasteiger partial charge in [-0.3, -0.25) is 4.55 Å². The first-order valence-electron chi connectivity index (χ1n) is 7.43. The van der Waals surface area contributed by atoms with Gasteiger partial charge in [-0.1, -0.05) is 30.3 Å². The number of nitroso groups, excluding NO2 is 1. The normalized spacial score (nSPS) is 11.7. The lowest BCUT2D eigenvalue weighted by Crippen LogP contribution is -1.98. The first-order valence-corrected chi connectivity index (χ1v) is 8.87. The van der Waals surface area contributed by atoms with Crippen molar-refractivity contribution < 1.29 is 22.9 Å². The van der Waals surface area contributed by atoms with Crippen molar-refractivity contribution in [1.29, 1.82) is 0 Å². The van der Waals surface area contributed by atoms with Crippen molar-refractivity contribution in [2.24, 2.45) is 15.4 Å². The van der Waals surface area contributed by atoms with Gasteiger partial charge in [-0.15, -0.1) is 10.0 Å². The lowest BCUT2D eigenvalue weighted by molar-refractivity contribution is 0.0700. The second-order valence-corrected chi connectivity index (χ2v) is 6.79. The molecule has 10 heteroatoms. The van der Waals surface area contributed by atoms with Crippen LogP contribution in [-0.4, -0.2) is 24.0 Å². The number of carbonyl (C=O) groups is 1. The Morgan fingerprint density at radius 1 is 0.926 bits per heavy atom. The highest BCUT2D eigenvalue weighted by Gasteiger charge is 2.18. The SMILES string of the molecule is O=Nc1ccc(N=Nc2ccc3ccccc3c2C(=O)O)cc1S(=O)(=O)O. The molecule has 0 aliphatic carbocycles. The Kier molecular flexibility index (Phi) is 4.75. The highest BCUT2D eigenvalue weighted by Crippen LogP contribution is 2.32. The number of nitrogens with zero attached hydrogens (tertiary/aromatic N) is 3. The molecule has 0 saturated heterocycles. The average Bonchev–Trinajstić information content (AvgIpc) is 2.64. The van der Waals surface area contributed by atoms with E-state index in [4.69, 9.17) is 4.55 Å². The summed E-state index contributed by atoms with van der Waals surface area (Å²) in [6.45, 7) is 0. The molecular weight excluding hydrogens is 374 g/mol. The molecule has 136 valence electrons. The van der Waals surface area contributed by atoms with E-state index in [-0.39, 0.29) is 16.9 Å². The Balaban J connectivity index is 2.11. The molecule has 0 unspecified atom stereocenters. The number of aromatic carboxylic acids is 1. The predicted octanol–water partition coefficient (Wildman–Crippen LogP) is 4.60. The van der Waals surface area contributed by atoms with Gasteiger partial charge in [0.2, 0.25) is 0 Å². The van der Waals surface area contributed by atoms with E-state index in [1.165, 1.54) is 12.1 Å². The van der Waals surface area contributed by atoms with Gasteiger partial charge in [-0.2, -0.15) is 13.5 Å². The fourth-order valence-corrected chi connectivity index (χ4v) is 3.17. The van der Waals surface area contributed by atoms with Crippen LogP contribution >= 0.6 is 0 Å². The van der Waals surface area contributed by atoms with Crippen LogP contribution in [0.4, 0.5) is 17.1 Å². The molecule has 0 atom stereocenters. The van der Waals surface area contributed by atoms with Crippen molar-refractivity contribution in [3.8, 4) is 0 Å². The van der Waals surface area contributed by atoms with Crippen molar-refractivity contribution in [2.45, 2.75) is 4.90 Å². The molecule has 0 fully saturated rings. The van der Waals surface area contributed by atoms with Crippen LogP contribution in [0.25, 0.3) is 10.8 Å². The van der Waals surface area contributed by atoms with Crippen molar-refractivity contribution in [3.63, 3.8) is 0 Å². The summed E-state index contributed by atoms with van der Waals surface area (Å²) in [6.07, 6.45) is 0. The molecule has 2 N–H and O–H groups in total. The minimum Gasteiger partial charge on any atom is -0.478 e. The first-order chi connectivity index (χ1) is 12.8. The summed E-state index contributed by atoms with van der Waals surface area (Å²) in [5.74, 6) is -1.19. The summed E-state index contributed by atoms with van der Waals surface area (Å²) < 4.78 is 31.8. The van der Waals surface area contributed by atoms with E-state index in [2.05, 4.69) is 15.4 Å². The summed E-state index contributed by atoms with van der Waals surface area (Å²) in [4.78, 5) is 21.6. The molecule has 3 aromatic rings. The average molecular weight is 385 g/mol. The molecular formula is C17H11N3O6S. The maximum atomic E-state index is 11.7. The van der Waals surface area contributed by atoms with Crippen molar-refractivity contribution in [1.82, 2.24) is 0 Å². The number of rotatable bonds is 5. The molecule has 0 aliphatic heterocycles. The second-order valence-electron chi connectivity index (χ2n) is 5.40. The highest BCUT2D eigenvalue weighted by molar-refractivity contribution is 7.86. The van der Waals surface area contributed by atoms with E-state index >= 15 is 0 Å². The predicted molar refractivity (Wildman–Crippen MR) is 96.8 cm³/mol. The zero-order chi connectivity index (χ0) is 19.6. The number of carboxylic acid groups (broad SMARTS) is 1. The molecule has 0 radical (unpaired) electrons. The van der Waals surface area contributed by atoms with E-state index in [0.29, 0.717) is 10.8 Å². The molecule has 0 saturated carbocycles. The zero-order valence-electron chi connectivity index (χ0n) is 13.5. The van der Waals surface area contributed by atoms with E-state index in [1.54, 1.807) is 30.3 Å². The molecule has 0 amide bonds. The number of benzene rings is 3. The van der Waals surface area contributed by atoms with Gasteiger partial charge in [-0.25, -0.2) is 4.79 Å². The van der Waals surface area contributed by atoms with Gasteiger partial charge in [0.05, 0.1) is 11.3 Å². The molecule has 27 heavy (non-hydrogen) atoms. The summed E-state index contributed by atoms with van der Waals surface area (Å²) in [5, 5.41) is 20.9. The summed E-state index contributed by atoms with van der Waals surface area (Å²) in [6, 6.07) is 13.2.